The van der Waals surface area contributed by atoms with Crippen LogP contribution in [0, 0.1) is 11.8 Å². The molecule has 2 aliphatic heterocycles. The first-order chi connectivity index (χ1) is 21.0. The molecule has 4 amide bonds. The molecule has 2 N–H and O–H groups in total. The minimum absolute atomic E-state index is 0. The Morgan fingerprint density at radius 2 is 1.27 bits per heavy atom. The number of hydrogen-bond donors (Lipinski definition) is 0. The second-order valence-corrected chi connectivity index (χ2v) is 17.6. The van der Waals surface area contributed by atoms with Gasteiger partial charge in [-0.1, -0.05) is 92.7 Å². The van der Waals surface area contributed by atoms with Crippen LogP contribution in [-0.2, 0) is 44.9 Å². The minimum atomic E-state index is -1.66. The third kappa shape index (κ3) is 13.3. The van der Waals surface area contributed by atoms with Crippen LogP contribution in [0.5, 0.6) is 0 Å². The van der Waals surface area contributed by atoms with Crippen LogP contribution in [0.1, 0.15) is 38.3 Å². The van der Waals surface area contributed by atoms with Crippen LogP contribution >= 0.6 is 29.1 Å². The molecule has 2 saturated heterocycles. The molecule has 0 unspecified atom stereocenters. The molecule has 0 bridgehead atoms. The number of carbonyl (C=O) groups is 4. The molecule has 250 valence electrons. The second kappa shape index (κ2) is 21.1. The maximum atomic E-state index is 12.3. The molecular weight excluding hydrogens is 734 g/mol. The summed E-state index contributed by atoms with van der Waals surface area (Å²) in [5.41, 5.74) is 2.18. The molecule has 2 aliphatic rings. The van der Waals surface area contributed by atoms with Gasteiger partial charge in [-0.3, -0.25) is 9.59 Å². The van der Waals surface area contributed by atoms with Crippen molar-refractivity contribution in [2.24, 2.45) is 11.8 Å². The molecule has 4 rings (SSSR count). The van der Waals surface area contributed by atoms with Crippen molar-refractivity contribution in [3.8, 4) is 0 Å². The van der Waals surface area contributed by atoms with Crippen molar-refractivity contribution < 1.29 is 47.1 Å². The average molecular weight is 774 g/mol. The van der Waals surface area contributed by atoms with Gasteiger partial charge < -0.3 is 14.9 Å². The number of allylic oxidation sites excluding steroid dienone is 2. The predicted molar refractivity (Wildman–Crippen MR) is 173 cm³/mol. The molecule has 0 saturated carbocycles. The Balaban J connectivity index is 0.000000394. The van der Waals surface area contributed by atoms with Crippen LogP contribution < -0.4 is 0 Å². The molecule has 13 heteroatoms. The van der Waals surface area contributed by atoms with Gasteiger partial charge in [0.2, 0.25) is 11.8 Å². The van der Waals surface area contributed by atoms with Crippen molar-refractivity contribution >= 4 is 53.1 Å². The van der Waals surface area contributed by atoms with Gasteiger partial charge in [0.15, 0.2) is 0 Å². The Bertz CT molecular complexity index is 1270. The summed E-state index contributed by atoms with van der Waals surface area (Å²) < 4.78 is 10.1. The zero-order valence-corrected chi connectivity index (χ0v) is 29.3. The van der Waals surface area contributed by atoms with Gasteiger partial charge in [0.1, 0.15) is 13.2 Å². The topological polar surface area (TPSA) is 125 Å². The molecule has 2 heterocycles. The van der Waals surface area contributed by atoms with E-state index >= 15 is 0 Å². The van der Waals surface area contributed by atoms with Crippen LogP contribution in [0.15, 0.2) is 85.5 Å². The van der Waals surface area contributed by atoms with E-state index in [0.717, 1.165) is 11.1 Å². The van der Waals surface area contributed by atoms with Gasteiger partial charge >= 0.3 is 54.2 Å². The third-order valence-electron chi connectivity index (χ3n) is 6.84. The Kier molecular flexibility index (Phi) is 18.9. The summed E-state index contributed by atoms with van der Waals surface area (Å²) in [6.07, 6.45) is 6.03. The van der Waals surface area contributed by atoms with Crippen LogP contribution in [-0.4, -0.2) is 64.6 Å². The van der Waals surface area contributed by atoms with Crippen molar-refractivity contribution in [3.05, 3.63) is 96.6 Å². The Morgan fingerprint density at radius 3 is 1.64 bits per heavy atom. The van der Waals surface area contributed by atoms with Gasteiger partial charge in [-0.25, -0.2) is 19.4 Å². The standard InChI is InChI=1S/2C16H19NO3.3ClH.H2O.Rh/c2*1-3-7-12(2)15(18)17-14(11-20-16(17)19)10-13-8-5-4-6-9-13;;;;;/h3-9,12,14H,10-11H2,1-2H3;3-6,8-9,12,14H,1,7,10-11H2,2H3;3*1H;1H2;/q;;;;;;+3/p-3/b7-3+;;;;;;/t2*12-,14+;;;;;/m11...../s1. The van der Waals surface area contributed by atoms with Gasteiger partial charge in [0.25, 0.3) is 0 Å². The zero-order valence-electron chi connectivity index (χ0n) is 25.4. The van der Waals surface area contributed by atoms with E-state index in [1.165, 1.54) is 9.80 Å². The number of halogens is 3. The fourth-order valence-electron chi connectivity index (χ4n) is 4.71. The van der Waals surface area contributed by atoms with Crippen molar-refractivity contribution in [1.82, 2.24) is 9.80 Å². The summed E-state index contributed by atoms with van der Waals surface area (Å²) in [6, 6.07) is 19.2. The number of imide groups is 2. The summed E-state index contributed by atoms with van der Waals surface area (Å²) in [5.74, 6) is -0.958. The zero-order chi connectivity index (χ0) is 32.6. The molecule has 4 atom stereocenters. The van der Waals surface area contributed by atoms with E-state index in [1.54, 1.807) is 26.0 Å². The summed E-state index contributed by atoms with van der Waals surface area (Å²) in [4.78, 5) is 50.7. The predicted octanol–water partition coefficient (Wildman–Crippen LogP) is 6.82. The van der Waals surface area contributed by atoms with Crippen LogP contribution in [0.25, 0.3) is 0 Å². The Labute approximate surface area is 282 Å². The third-order valence-corrected chi connectivity index (χ3v) is 6.84. The number of carbonyl (C=O) groups excluding carboxylic acids is 4. The van der Waals surface area contributed by atoms with E-state index in [1.807, 2.05) is 73.7 Å². The van der Waals surface area contributed by atoms with Crippen LogP contribution in [0.3, 0.4) is 0 Å². The quantitative estimate of drug-likeness (QED) is 0.204. The number of amides is 4. The molecule has 9 nitrogen and oxygen atoms in total. The van der Waals surface area contributed by atoms with Crippen LogP contribution in [0.2, 0.25) is 0 Å². The number of rotatable bonds is 9. The molecule has 2 aromatic rings. The number of cyclic esters (lactones) is 2. The maximum absolute atomic E-state index is 12.3. The van der Waals surface area contributed by atoms with E-state index in [0.29, 0.717) is 19.3 Å². The number of nitrogens with zero attached hydrogens (tertiary/aromatic N) is 2. The van der Waals surface area contributed by atoms with Gasteiger partial charge in [-0.05, 0) is 37.3 Å². The SMILES string of the molecule is C/C=C/[C@@H](C)C(=O)N1C(=O)OC[C@@H]1Cc1ccccc1.C=CC[C@@H](C)C(=O)N1C(=O)OC[C@@H]1Cc1ccccc1.O.[Cl][Rh]([Cl])[Cl]. The van der Waals surface area contributed by atoms with Gasteiger partial charge in [-0.2, -0.15) is 0 Å². The van der Waals surface area contributed by atoms with Crippen molar-refractivity contribution in [3.63, 3.8) is 0 Å². The van der Waals surface area contributed by atoms with E-state index in [4.69, 9.17) is 38.5 Å². The molecule has 45 heavy (non-hydrogen) atoms. The number of hydrogen-bond acceptors (Lipinski definition) is 6. The Morgan fingerprint density at radius 1 is 0.867 bits per heavy atom. The first kappa shape index (κ1) is 40.3. The summed E-state index contributed by atoms with van der Waals surface area (Å²) >= 11 is -1.66. The summed E-state index contributed by atoms with van der Waals surface area (Å²) in [6.45, 7) is 9.60. The van der Waals surface area contributed by atoms with Crippen molar-refractivity contribution in [2.45, 2.75) is 52.1 Å². The molecule has 0 radical (unpaired) electrons. The number of ether oxygens (including phenoxy) is 2. The molecule has 0 aromatic heterocycles. The van der Waals surface area contributed by atoms with E-state index < -0.39 is 25.2 Å². The summed E-state index contributed by atoms with van der Waals surface area (Å²) in [5, 5.41) is 0. The van der Waals surface area contributed by atoms with E-state index in [-0.39, 0.29) is 54.4 Å². The molecule has 0 aliphatic carbocycles. The molecule has 2 aromatic carbocycles. The fraction of sp³-hybridized carbons (Fsp3) is 0.375. The number of benzene rings is 2. The summed E-state index contributed by atoms with van der Waals surface area (Å²) in [7, 11) is 14.8. The first-order valence-electron chi connectivity index (χ1n) is 14.0. The normalized spacial score (nSPS) is 18.7. The molecular formula is C32H40Cl3N2O7Rh. The molecule has 0 spiro atoms. The van der Waals surface area contributed by atoms with Gasteiger partial charge in [0, 0.05) is 5.92 Å². The monoisotopic (exact) mass is 772 g/mol. The van der Waals surface area contributed by atoms with E-state index in [9.17, 15) is 19.2 Å². The van der Waals surface area contributed by atoms with E-state index in [2.05, 4.69) is 6.58 Å². The van der Waals surface area contributed by atoms with Gasteiger partial charge in [-0.15, -0.1) is 6.58 Å². The first-order valence-corrected chi connectivity index (χ1v) is 20.3. The molecule has 2 fully saturated rings. The fourth-order valence-corrected chi connectivity index (χ4v) is 4.71. The average Bonchev–Trinajstić information content (AvgIpc) is 3.54. The second-order valence-electron chi connectivity index (χ2n) is 10.1. The van der Waals surface area contributed by atoms with Crippen molar-refractivity contribution in [1.29, 1.82) is 0 Å². The van der Waals surface area contributed by atoms with Crippen molar-refractivity contribution in [2.75, 3.05) is 13.2 Å². The van der Waals surface area contributed by atoms with Gasteiger partial charge in [0.05, 0.1) is 18.0 Å². The van der Waals surface area contributed by atoms with Crippen LogP contribution in [0.4, 0.5) is 9.59 Å². The Hall–Kier alpha value is -2.75.